The van der Waals surface area contributed by atoms with E-state index < -0.39 is 0 Å². The van der Waals surface area contributed by atoms with Crippen molar-refractivity contribution in [3.63, 3.8) is 0 Å². The number of ether oxygens (including phenoxy) is 1. The number of hydrogen-bond donors (Lipinski definition) is 2. The van der Waals surface area contributed by atoms with Crippen LogP contribution in [-0.4, -0.2) is 59.3 Å². The number of rotatable bonds is 7. The summed E-state index contributed by atoms with van der Waals surface area (Å²) < 4.78 is 6.78. The molecule has 1 fully saturated rings. The first-order valence-corrected chi connectivity index (χ1v) is 9.98. The van der Waals surface area contributed by atoms with E-state index in [-0.39, 0.29) is 11.8 Å². The van der Waals surface area contributed by atoms with Gasteiger partial charge in [-0.2, -0.15) is 5.10 Å². The maximum Gasteiger partial charge on any atom is 0.256 e. The molecule has 8 nitrogen and oxygen atoms in total. The fraction of sp³-hybridized carbons (Fsp3) is 0.450. The Kier molecular flexibility index (Phi) is 7.24. The molecule has 0 aliphatic carbocycles. The first kappa shape index (κ1) is 21.3. The van der Waals surface area contributed by atoms with Crippen molar-refractivity contribution >= 4 is 29.1 Å². The molecule has 1 aromatic heterocycles. The molecule has 0 saturated carbocycles. The SMILES string of the molecule is Cc1nn(C)c(Cl)c1C(=O)NCc1cccc(NC(=O)CCN2CCOCC2)c1. The van der Waals surface area contributed by atoms with Crippen molar-refractivity contribution < 1.29 is 14.3 Å². The van der Waals surface area contributed by atoms with Crippen LogP contribution in [0.3, 0.4) is 0 Å². The molecule has 2 N–H and O–H groups in total. The normalized spacial score (nSPS) is 14.6. The van der Waals surface area contributed by atoms with Gasteiger partial charge in [0.25, 0.3) is 5.91 Å². The van der Waals surface area contributed by atoms with Crippen molar-refractivity contribution in [1.29, 1.82) is 0 Å². The molecular formula is C20H26ClN5O3. The fourth-order valence-corrected chi connectivity index (χ4v) is 3.49. The van der Waals surface area contributed by atoms with E-state index in [2.05, 4.69) is 20.6 Å². The molecule has 1 aliphatic rings. The van der Waals surface area contributed by atoms with Gasteiger partial charge < -0.3 is 15.4 Å². The van der Waals surface area contributed by atoms with Gasteiger partial charge in [-0.05, 0) is 24.6 Å². The van der Waals surface area contributed by atoms with Gasteiger partial charge >= 0.3 is 0 Å². The standard InChI is InChI=1S/C20H26ClN5O3/c1-14-18(19(21)25(2)24-14)20(28)22-13-15-4-3-5-16(12-15)23-17(27)6-7-26-8-10-29-11-9-26/h3-5,12H,6-11,13H2,1-2H3,(H,22,28)(H,23,27). The lowest BCUT2D eigenvalue weighted by Crippen LogP contribution is -2.38. The lowest BCUT2D eigenvalue weighted by molar-refractivity contribution is -0.116. The number of amides is 2. The molecule has 0 bridgehead atoms. The maximum atomic E-state index is 12.4. The molecular weight excluding hydrogens is 394 g/mol. The summed E-state index contributed by atoms with van der Waals surface area (Å²) >= 11 is 6.14. The monoisotopic (exact) mass is 419 g/mol. The zero-order valence-corrected chi connectivity index (χ0v) is 17.5. The molecule has 0 spiro atoms. The van der Waals surface area contributed by atoms with Crippen LogP contribution in [0.2, 0.25) is 5.15 Å². The van der Waals surface area contributed by atoms with Gasteiger partial charge in [0, 0.05) is 45.3 Å². The largest absolute Gasteiger partial charge is 0.379 e. The molecule has 1 aromatic carbocycles. The summed E-state index contributed by atoms with van der Waals surface area (Å²) in [5.74, 6) is -0.309. The van der Waals surface area contributed by atoms with Crippen LogP contribution in [0.5, 0.6) is 0 Å². The molecule has 0 radical (unpaired) electrons. The predicted molar refractivity (Wildman–Crippen MR) is 111 cm³/mol. The van der Waals surface area contributed by atoms with E-state index >= 15 is 0 Å². The highest BCUT2D eigenvalue weighted by Gasteiger charge is 2.18. The highest BCUT2D eigenvalue weighted by molar-refractivity contribution is 6.33. The molecule has 0 unspecified atom stereocenters. The van der Waals surface area contributed by atoms with Crippen LogP contribution < -0.4 is 10.6 Å². The minimum absolute atomic E-state index is 0.0320. The second kappa shape index (κ2) is 9.87. The van der Waals surface area contributed by atoms with E-state index in [0.29, 0.717) is 35.1 Å². The van der Waals surface area contributed by atoms with Gasteiger partial charge in [-0.25, -0.2) is 0 Å². The summed E-state index contributed by atoms with van der Waals surface area (Å²) in [6.45, 7) is 5.95. The summed E-state index contributed by atoms with van der Waals surface area (Å²) in [6.07, 6.45) is 0.430. The van der Waals surface area contributed by atoms with Gasteiger partial charge in [0.2, 0.25) is 5.91 Å². The Morgan fingerprint density at radius 1 is 1.28 bits per heavy atom. The van der Waals surface area contributed by atoms with Gasteiger partial charge in [0.15, 0.2) is 0 Å². The van der Waals surface area contributed by atoms with E-state index in [0.717, 1.165) is 38.4 Å². The van der Waals surface area contributed by atoms with Crippen LogP contribution in [0.1, 0.15) is 28.0 Å². The zero-order valence-electron chi connectivity index (χ0n) is 16.7. The zero-order chi connectivity index (χ0) is 20.8. The summed E-state index contributed by atoms with van der Waals surface area (Å²) in [5, 5.41) is 10.2. The Labute approximate surface area is 175 Å². The molecule has 3 rings (SSSR count). The second-order valence-electron chi connectivity index (χ2n) is 7.01. The predicted octanol–water partition coefficient (Wildman–Crippen LogP) is 1.97. The van der Waals surface area contributed by atoms with Gasteiger partial charge in [0.1, 0.15) is 5.15 Å². The van der Waals surface area contributed by atoms with Crippen molar-refractivity contribution in [3.8, 4) is 0 Å². The van der Waals surface area contributed by atoms with Gasteiger partial charge in [-0.15, -0.1) is 0 Å². The number of halogens is 1. The molecule has 156 valence electrons. The summed E-state index contributed by atoms with van der Waals surface area (Å²) in [6, 6.07) is 7.42. The lowest BCUT2D eigenvalue weighted by atomic mass is 10.2. The van der Waals surface area contributed by atoms with E-state index in [1.54, 1.807) is 14.0 Å². The Hall–Kier alpha value is -2.42. The van der Waals surface area contributed by atoms with Crippen molar-refractivity contribution in [2.24, 2.45) is 7.05 Å². The quantitative estimate of drug-likeness (QED) is 0.716. The lowest BCUT2D eigenvalue weighted by Gasteiger charge is -2.26. The van der Waals surface area contributed by atoms with Crippen LogP contribution in [0.4, 0.5) is 5.69 Å². The van der Waals surface area contributed by atoms with E-state index in [1.165, 1.54) is 4.68 Å². The molecule has 9 heteroatoms. The minimum Gasteiger partial charge on any atom is -0.379 e. The number of benzene rings is 1. The summed E-state index contributed by atoms with van der Waals surface area (Å²) in [7, 11) is 1.69. The molecule has 2 heterocycles. The number of carbonyl (C=O) groups is 2. The van der Waals surface area contributed by atoms with Crippen molar-refractivity contribution in [2.45, 2.75) is 19.9 Å². The number of hydrogen-bond acceptors (Lipinski definition) is 5. The second-order valence-corrected chi connectivity index (χ2v) is 7.37. The van der Waals surface area contributed by atoms with Crippen LogP contribution >= 0.6 is 11.6 Å². The van der Waals surface area contributed by atoms with Crippen molar-refractivity contribution in [1.82, 2.24) is 20.0 Å². The number of nitrogens with one attached hydrogen (secondary N) is 2. The first-order valence-electron chi connectivity index (χ1n) is 9.60. The van der Waals surface area contributed by atoms with Crippen molar-refractivity contribution in [2.75, 3.05) is 38.2 Å². The van der Waals surface area contributed by atoms with Crippen LogP contribution in [0, 0.1) is 6.92 Å². The Morgan fingerprint density at radius 3 is 2.72 bits per heavy atom. The van der Waals surface area contributed by atoms with Gasteiger partial charge in [-0.3, -0.25) is 19.2 Å². The maximum absolute atomic E-state index is 12.4. The fourth-order valence-electron chi connectivity index (χ4n) is 3.23. The Bertz CT molecular complexity index is 877. The number of carbonyl (C=O) groups excluding carboxylic acids is 2. The summed E-state index contributed by atoms with van der Waals surface area (Å²) in [4.78, 5) is 26.9. The van der Waals surface area contributed by atoms with E-state index in [4.69, 9.17) is 16.3 Å². The Balaban J connectivity index is 1.51. The van der Waals surface area contributed by atoms with Crippen LogP contribution in [0.25, 0.3) is 0 Å². The first-order chi connectivity index (χ1) is 13.9. The van der Waals surface area contributed by atoms with Crippen LogP contribution in [0.15, 0.2) is 24.3 Å². The summed E-state index contributed by atoms with van der Waals surface area (Å²) in [5.41, 5.74) is 2.54. The van der Waals surface area contributed by atoms with Crippen LogP contribution in [-0.2, 0) is 23.1 Å². The molecule has 2 aromatic rings. The number of nitrogens with zero attached hydrogens (tertiary/aromatic N) is 3. The van der Waals surface area contributed by atoms with Gasteiger partial charge in [-0.1, -0.05) is 23.7 Å². The number of morpholine rings is 1. The topological polar surface area (TPSA) is 88.5 Å². The third-order valence-corrected chi connectivity index (χ3v) is 5.24. The third kappa shape index (κ3) is 5.79. The highest BCUT2D eigenvalue weighted by atomic mass is 35.5. The molecule has 1 saturated heterocycles. The Morgan fingerprint density at radius 2 is 2.03 bits per heavy atom. The number of aryl methyl sites for hydroxylation is 2. The average Bonchev–Trinajstić information content (AvgIpc) is 2.97. The number of anilines is 1. The third-order valence-electron chi connectivity index (χ3n) is 4.80. The smallest absolute Gasteiger partial charge is 0.256 e. The van der Waals surface area contributed by atoms with E-state index in [9.17, 15) is 9.59 Å². The molecule has 2 amide bonds. The number of aromatic nitrogens is 2. The van der Waals surface area contributed by atoms with Gasteiger partial charge in [0.05, 0.1) is 24.5 Å². The van der Waals surface area contributed by atoms with E-state index in [1.807, 2.05) is 24.3 Å². The van der Waals surface area contributed by atoms with Crippen molar-refractivity contribution in [3.05, 3.63) is 46.2 Å². The molecule has 1 aliphatic heterocycles. The molecule has 0 atom stereocenters. The average molecular weight is 420 g/mol. The molecule has 29 heavy (non-hydrogen) atoms. The minimum atomic E-state index is -0.277. The highest BCUT2D eigenvalue weighted by Crippen LogP contribution is 2.18.